The van der Waals surface area contributed by atoms with Crippen molar-refractivity contribution in [2.45, 2.75) is 6.10 Å². The van der Waals surface area contributed by atoms with Crippen molar-refractivity contribution >= 4 is 17.3 Å². The highest BCUT2D eigenvalue weighted by Gasteiger charge is 2.09. The predicted octanol–water partition coefficient (Wildman–Crippen LogP) is 3.64. The quantitative estimate of drug-likeness (QED) is 0.826. The van der Waals surface area contributed by atoms with Gasteiger partial charge in [-0.1, -0.05) is 18.2 Å². The molecule has 0 saturated heterocycles. The van der Waals surface area contributed by atoms with Crippen LogP contribution in [-0.2, 0) is 0 Å². The molecule has 2 aromatic carbocycles. The van der Waals surface area contributed by atoms with Crippen LogP contribution in [0.25, 0.3) is 11.1 Å². The second-order valence-corrected chi connectivity index (χ2v) is 4.70. The van der Waals surface area contributed by atoms with E-state index in [1.807, 2.05) is 0 Å². The number of aliphatic hydroxyl groups excluding tert-OH is 1. The maximum Gasteiger partial charge on any atom is 0.126 e. The summed E-state index contributed by atoms with van der Waals surface area (Å²) in [6.07, 6.45) is -0.686. The summed E-state index contributed by atoms with van der Waals surface area (Å²) in [5.74, 6) is -1.14. The molecule has 0 spiro atoms. The first-order valence-electron chi connectivity index (χ1n) is 6.13. The molecule has 0 radical (unpaired) electrons. The molecule has 2 aromatic rings. The molecule has 0 fully saturated rings. The zero-order valence-corrected chi connectivity index (χ0v) is 11.4. The minimum absolute atomic E-state index is 0.115. The van der Waals surface area contributed by atoms with Gasteiger partial charge in [-0.25, -0.2) is 8.78 Å². The lowest BCUT2D eigenvalue weighted by Crippen LogP contribution is -2.21. The number of para-hydroxylation sites is 1. The lowest BCUT2D eigenvalue weighted by molar-refractivity contribution is 0.211. The van der Waals surface area contributed by atoms with Gasteiger partial charge < -0.3 is 10.4 Å². The molecule has 0 aromatic heterocycles. The van der Waals surface area contributed by atoms with Crippen LogP contribution in [-0.4, -0.2) is 23.6 Å². The fourth-order valence-electron chi connectivity index (χ4n) is 1.88. The number of halogens is 3. The van der Waals surface area contributed by atoms with Gasteiger partial charge in [0.05, 0.1) is 12.0 Å². The van der Waals surface area contributed by atoms with Gasteiger partial charge in [0, 0.05) is 23.9 Å². The van der Waals surface area contributed by atoms with Gasteiger partial charge >= 0.3 is 0 Å². The molecule has 106 valence electrons. The summed E-state index contributed by atoms with van der Waals surface area (Å²) in [7, 11) is 0. The van der Waals surface area contributed by atoms with Gasteiger partial charge in [-0.3, -0.25) is 0 Å². The third-order valence-electron chi connectivity index (χ3n) is 2.81. The average Bonchev–Trinajstić information content (AvgIpc) is 2.44. The first-order chi connectivity index (χ1) is 9.60. The monoisotopic (exact) mass is 297 g/mol. The molecule has 1 unspecified atom stereocenters. The van der Waals surface area contributed by atoms with Crippen molar-refractivity contribution in [3.05, 3.63) is 54.1 Å². The number of anilines is 1. The molecule has 0 aliphatic heterocycles. The van der Waals surface area contributed by atoms with Crippen molar-refractivity contribution in [3.63, 3.8) is 0 Å². The largest absolute Gasteiger partial charge is 0.390 e. The Labute approximate surface area is 121 Å². The van der Waals surface area contributed by atoms with E-state index in [0.717, 1.165) is 6.07 Å². The number of hydrogen-bond acceptors (Lipinski definition) is 2. The lowest BCUT2D eigenvalue weighted by atomic mass is 10.0. The molecule has 20 heavy (non-hydrogen) atoms. The van der Waals surface area contributed by atoms with Gasteiger partial charge in [0.1, 0.15) is 11.6 Å². The van der Waals surface area contributed by atoms with Crippen LogP contribution >= 0.6 is 11.6 Å². The van der Waals surface area contributed by atoms with Crippen LogP contribution in [0.1, 0.15) is 0 Å². The first kappa shape index (κ1) is 14.8. The summed E-state index contributed by atoms with van der Waals surface area (Å²) in [6, 6.07) is 10.5. The molecule has 0 heterocycles. The maximum absolute atomic E-state index is 13.3. The Morgan fingerprint density at radius 1 is 1.10 bits per heavy atom. The molecule has 0 saturated carbocycles. The number of hydrogen-bond donors (Lipinski definition) is 2. The van der Waals surface area contributed by atoms with E-state index in [0.29, 0.717) is 16.8 Å². The third-order valence-corrected chi connectivity index (χ3v) is 3.16. The average molecular weight is 298 g/mol. The molecule has 1 atom stereocenters. The number of benzene rings is 2. The smallest absolute Gasteiger partial charge is 0.126 e. The highest BCUT2D eigenvalue weighted by Crippen LogP contribution is 2.29. The first-order valence-corrected chi connectivity index (χ1v) is 6.67. The van der Waals surface area contributed by atoms with Gasteiger partial charge in [-0.2, -0.15) is 0 Å². The van der Waals surface area contributed by atoms with Crippen molar-refractivity contribution in [3.8, 4) is 11.1 Å². The van der Waals surface area contributed by atoms with Crippen molar-refractivity contribution in [1.29, 1.82) is 0 Å². The topological polar surface area (TPSA) is 32.3 Å². The van der Waals surface area contributed by atoms with E-state index in [2.05, 4.69) is 5.32 Å². The minimum atomic E-state index is -0.686. The van der Waals surface area contributed by atoms with E-state index >= 15 is 0 Å². The minimum Gasteiger partial charge on any atom is -0.390 e. The van der Waals surface area contributed by atoms with Gasteiger partial charge in [0.2, 0.25) is 0 Å². The van der Waals surface area contributed by atoms with Crippen LogP contribution in [0.15, 0.2) is 42.5 Å². The maximum atomic E-state index is 13.3. The van der Waals surface area contributed by atoms with Crippen molar-refractivity contribution in [1.82, 2.24) is 0 Å². The summed E-state index contributed by atoms with van der Waals surface area (Å²) in [5, 5.41) is 12.5. The molecular formula is C15H14ClF2NO. The SMILES string of the molecule is OC(CCl)CNc1ccccc1-c1cc(F)cc(F)c1. The molecule has 2 nitrogen and oxygen atoms in total. The number of alkyl halides is 1. The summed E-state index contributed by atoms with van der Waals surface area (Å²) < 4.78 is 26.6. The molecule has 5 heteroatoms. The van der Waals surface area contributed by atoms with Crippen molar-refractivity contribution in [2.75, 3.05) is 17.7 Å². The summed E-state index contributed by atoms with van der Waals surface area (Å²) in [5.41, 5.74) is 1.78. The van der Waals surface area contributed by atoms with E-state index in [9.17, 15) is 13.9 Å². The molecule has 2 rings (SSSR count). The highest BCUT2D eigenvalue weighted by atomic mass is 35.5. The van der Waals surface area contributed by atoms with Crippen LogP contribution in [0, 0.1) is 11.6 Å². The number of aliphatic hydroxyl groups is 1. The van der Waals surface area contributed by atoms with E-state index < -0.39 is 17.7 Å². The third kappa shape index (κ3) is 3.68. The molecule has 2 N–H and O–H groups in total. The Morgan fingerprint density at radius 3 is 2.40 bits per heavy atom. The second kappa shape index (κ2) is 6.68. The fourth-order valence-corrected chi connectivity index (χ4v) is 1.99. The Hall–Kier alpha value is -1.65. The molecule has 0 aliphatic rings. The normalized spacial score (nSPS) is 12.2. The van der Waals surface area contributed by atoms with Crippen LogP contribution < -0.4 is 5.32 Å². The second-order valence-electron chi connectivity index (χ2n) is 4.39. The summed E-state index contributed by atoms with van der Waals surface area (Å²) in [6.45, 7) is 0.262. The van der Waals surface area contributed by atoms with Gasteiger partial charge in [0.15, 0.2) is 0 Å². The van der Waals surface area contributed by atoms with E-state index in [-0.39, 0.29) is 12.4 Å². The van der Waals surface area contributed by atoms with Crippen LogP contribution in [0.3, 0.4) is 0 Å². The zero-order chi connectivity index (χ0) is 14.5. The van der Waals surface area contributed by atoms with Crippen LogP contribution in [0.5, 0.6) is 0 Å². The predicted molar refractivity (Wildman–Crippen MR) is 77.0 cm³/mol. The van der Waals surface area contributed by atoms with Gasteiger partial charge in [-0.15, -0.1) is 11.6 Å². The van der Waals surface area contributed by atoms with Crippen molar-refractivity contribution in [2.24, 2.45) is 0 Å². The van der Waals surface area contributed by atoms with E-state index in [4.69, 9.17) is 11.6 Å². The van der Waals surface area contributed by atoms with Crippen LogP contribution in [0.4, 0.5) is 14.5 Å². The molecule has 0 aliphatic carbocycles. The van der Waals surface area contributed by atoms with E-state index in [1.165, 1.54) is 12.1 Å². The van der Waals surface area contributed by atoms with Gasteiger partial charge in [0.25, 0.3) is 0 Å². The number of rotatable bonds is 5. The summed E-state index contributed by atoms with van der Waals surface area (Å²) >= 11 is 5.53. The Kier molecular flexibility index (Phi) is 4.93. The van der Waals surface area contributed by atoms with Gasteiger partial charge in [-0.05, 0) is 23.8 Å². The Morgan fingerprint density at radius 2 is 1.75 bits per heavy atom. The lowest BCUT2D eigenvalue weighted by Gasteiger charge is -2.14. The Bertz CT molecular complexity index is 572. The standard InChI is InChI=1S/C15H14ClF2NO/c16-8-13(20)9-19-15-4-2-1-3-14(15)10-5-11(17)7-12(18)6-10/h1-7,13,19-20H,8-9H2. The zero-order valence-electron chi connectivity index (χ0n) is 10.6. The Balaban J connectivity index is 2.31. The number of nitrogens with one attached hydrogen (secondary N) is 1. The van der Waals surface area contributed by atoms with E-state index in [1.54, 1.807) is 24.3 Å². The highest BCUT2D eigenvalue weighted by molar-refractivity contribution is 6.18. The fraction of sp³-hybridized carbons (Fsp3) is 0.200. The van der Waals surface area contributed by atoms with Crippen LogP contribution in [0.2, 0.25) is 0 Å². The summed E-state index contributed by atoms with van der Waals surface area (Å²) in [4.78, 5) is 0. The molecule has 0 amide bonds. The molecule has 0 bridgehead atoms. The molecular weight excluding hydrogens is 284 g/mol. The van der Waals surface area contributed by atoms with Crippen molar-refractivity contribution < 1.29 is 13.9 Å².